The van der Waals surface area contributed by atoms with E-state index in [9.17, 15) is 9.36 Å². The van der Waals surface area contributed by atoms with Crippen LogP contribution in [-0.4, -0.2) is 20.3 Å². The topological polar surface area (TPSA) is 91.6 Å². The lowest BCUT2D eigenvalue weighted by Crippen LogP contribution is -2.20. The molecule has 0 atom stereocenters. The van der Waals surface area contributed by atoms with Crippen molar-refractivity contribution in [1.29, 1.82) is 0 Å². The van der Waals surface area contributed by atoms with E-state index in [0.717, 1.165) is 5.52 Å². The summed E-state index contributed by atoms with van der Waals surface area (Å²) in [5.41, 5.74) is 1.78. The lowest BCUT2D eigenvalue weighted by Gasteiger charge is -2.06. The highest BCUT2D eigenvalue weighted by molar-refractivity contribution is 7.50. The Morgan fingerprint density at radius 1 is 1.33 bits per heavy atom. The van der Waals surface area contributed by atoms with E-state index >= 15 is 0 Å². The molecular formula is C11H13N2O4P. The number of benzene rings is 1. The fourth-order valence-corrected chi connectivity index (χ4v) is 2.37. The summed E-state index contributed by atoms with van der Waals surface area (Å²) < 4.78 is 12.6. The highest BCUT2D eigenvalue weighted by Crippen LogP contribution is 2.31. The molecule has 0 radical (unpaired) electrons. The quantitative estimate of drug-likeness (QED) is 0.716. The van der Waals surface area contributed by atoms with E-state index in [1.54, 1.807) is 31.2 Å². The zero-order chi connectivity index (χ0) is 13.5. The molecule has 0 fully saturated rings. The number of hydrogen-bond donors (Lipinski definition) is 3. The molecule has 1 heterocycles. The zero-order valence-corrected chi connectivity index (χ0v) is 10.8. The average molecular weight is 268 g/mol. The van der Waals surface area contributed by atoms with Gasteiger partial charge in [0.15, 0.2) is 0 Å². The van der Waals surface area contributed by atoms with Gasteiger partial charge in [-0.1, -0.05) is 18.2 Å². The van der Waals surface area contributed by atoms with E-state index < -0.39 is 13.7 Å². The van der Waals surface area contributed by atoms with E-state index in [4.69, 9.17) is 9.79 Å². The molecule has 0 saturated carbocycles. The molecule has 96 valence electrons. The fourth-order valence-electron chi connectivity index (χ4n) is 2.00. The number of fused-ring (bicyclic) bond motifs is 1. The van der Waals surface area contributed by atoms with Gasteiger partial charge in [-0.05, 0) is 13.0 Å². The smallest absolute Gasteiger partial charge is 0.347 e. The summed E-state index contributed by atoms with van der Waals surface area (Å²) in [5, 5.41) is 2.37. The summed E-state index contributed by atoms with van der Waals surface area (Å²) >= 11 is 0. The molecule has 3 N–H and O–H groups in total. The zero-order valence-electron chi connectivity index (χ0n) is 9.91. The molecular weight excluding hydrogens is 255 g/mol. The third-order valence-corrected chi connectivity index (χ3v) is 3.37. The molecule has 0 spiro atoms. The minimum atomic E-state index is -4.58. The summed E-state index contributed by atoms with van der Waals surface area (Å²) in [6, 6.07) is 7.20. The first-order valence-corrected chi connectivity index (χ1v) is 6.84. The second-order valence-electron chi connectivity index (χ2n) is 4.02. The summed E-state index contributed by atoms with van der Waals surface area (Å²) in [4.78, 5) is 29.5. The molecule has 0 aliphatic rings. The lowest BCUT2D eigenvalue weighted by molar-refractivity contribution is 0.0973. The van der Waals surface area contributed by atoms with Crippen LogP contribution in [-0.2, 0) is 11.6 Å². The summed E-state index contributed by atoms with van der Waals surface area (Å²) in [5.74, 6) is -0.766. The van der Waals surface area contributed by atoms with E-state index in [2.05, 4.69) is 0 Å². The van der Waals surface area contributed by atoms with Crippen molar-refractivity contribution in [1.82, 2.24) is 9.65 Å². The van der Waals surface area contributed by atoms with Crippen LogP contribution in [0.5, 0.6) is 0 Å². The number of hydrogen-bond acceptors (Lipinski definition) is 2. The van der Waals surface area contributed by atoms with Gasteiger partial charge in [0.25, 0.3) is 5.91 Å². The molecule has 18 heavy (non-hydrogen) atoms. The number of carbonyl (C=O) groups is 1. The molecule has 1 aromatic heterocycles. The Bertz CT molecular complexity index is 671. The number of carbonyl (C=O) groups excluding carboxylic acids is 1. The molecule has 0 aliphatic heterocycles. The SMILES string of the molecule is Cc1c(C(=O)NP(=O)(O)O)c2ccccc2n1C. The van der Waals surface area contributed by atoms with Gasteiger partial charge in [0.05, 0.1) is 5.56 Å². The molecule has 6 nitrogen and oxygen atoms in total. The van der Waals surface area contributed by atoms with Crippen LogP contribution < -0.4 is 5.09 Å². The van der Waals surface area contributed by atoms with E-state index in [1.165, 1.54) is 0 Å². The van der Waals surface area contributed by atoms with E-state index in [1.807, 2.05) is 16.7 Å². The second kappa shape index (κ2) is 4.24. The molecule has 2 aromatic rings. The van der Waals surface area contributed by atoms with Crippen LogP contribution in [0, 0.1) is 6.92 Å². The molecule has 0 unspecified atom stereocenters. The van der Waals surface area contributed by atoms with Crippen LogP contribution in [0.3, 0.4) is 0 Å². The summed E-state index contributed by atoms with van der Waals surface area (Å²) in [7, 11) is -2.79. The minimum Gasteiger partial charge on any atom is -0.347 e. The van der Waals surface area contributed by atoms with Gasteiger partial charge in [0.2, 0.25) is 0 Å². The lowest BCUT2D eigenvalue weighted by atomic mass is 10.1. The van der Waals surface area contributed by atoms with Gasteiger partial charge >= 0.3 is 7.75 Å². The average Bonchev–Trinajstić information content (AvgIpc) is 2.50. The number of nitrogens with zero attached hydrogens (tertiary/aromatic N) is 1. The Morgan fingerprint density at radius 3 is 2.56 bits per heavy atom. The first kappa shape index (κ1) is 12.8. The van der Waals surface area contributed by atoms with Crippen molar-refractivity contribution in [3.8, 4) is 0 Å². The fraction of sp³-hybridized carbons (Fsp3) is 0.182. The van der Waals surface area contributed by atoms with E-state index in [0.29, 0.717) is 11.1 Å². The van der Waals surface area contributed by atoms with Crippen LogP contribution in [0.2, 0.25) is 0 Å². The molecule has 0 bridgehead atoms. The van der Waals surface area contributed by atoms with Crippen LogP contribution >= 0.6 is 7.75 Å². The number of aryl methyl sites for hydroxylation is 1. The normalized spacial score (nSPS) is 11.8. The van der Waals surface area contributed by atoms with Gasteiger partial charge in [-0.25, -0.2) is 4.57 Å². The van der Waals surface area contributed by atoms with Crippen molar-refractivity contribution in [3.05, 3.63) is 35.5 Å². The van der Waals surface area contributed by atoms with Crippen LogP contribution in [0.15, 0.2) is 24.3 Å². The maximum atomic E-state index is 11.9. The number of para-hydroxylation sites is 1. The predicted octanol–water partition coefficient (Wildman–Crippen LogP) is 1.31. The molecule has 1 amide bonds. The Balaban J connectivity index is 2.61. The first-order valence-electron chi connectivity index (χ1n) is 5.23. The van der Waals surface area contributed by atoms with Crippen LogP contribution in [0.4, 0.5) is 0 Å². The Labute approximate surface area is 103 Å². The Morgan fingerprint density at radius 2 is 1.94 bits per heavy atom. The van der Waals surface area contributed by atoms with Crippen molar-refractivity contribution in [3.63, 3.8) is 0 Å². The van der Waals surface area contributed by atoms with Gasteiger partial charge in [-0.3, -0.25) is 9.88 Å². The molecule has 0 saturated heterocycles. The second-order valence-corrected chi connectivity index (χ2v) is 5.33. The van der Waals surface area contributed by atoms with Gasteiger partial charge < -0.3 is 14.4 Å². The monoisotopic (exact) mass is 268 g/mol. The minimum absolute atomic E-state index is 0.288. The maximum absolute atomic E-state index is 11.9. The maximum Gasteiger partial charge on any atom is 0.430 e. The Hall–Kier alpha value is -1.62. The van der Waals surface area contributed by atoms with Crippen molar-refractivity contribution in [2.24, 2.45) is 7.05 Å². The van der Waals surface area contributed by atoms with Gasteiger partial charge in [-0.15, -0.1) is 0 Å². The summed E-state index contributed by atoms with van der Waals surface area (Å²) in [6.45, 7) is 1.73. The number of rotatable bonds is 2. The van der Waals surface area contributed by atoms with Crippen molar-refractivity contribution in [2.45, 2.75) is 6.92 Å². The van der Waals surface area contributed by atoms with Crippen LogP contribution in [0.25, 0.3) is 10.9 Å². The third-order valence-electron chi connectivity index (χ3n) is 2.87. The van der Waals surface area contributed by atoms with Gasteiger partial charge in [0.1, 0.15) is 0 Å². The molecule has 2 rings (SSSR count). The largest absolute Gasteiger partial charge is 0.430 e. The van der Waals surface area contributed by atoms with Gasteiger partial charge in [0, 0.05) is 23.6 Å². The highest BCUT2D eigenvalue weighted by atomic mass is 31.2. The Kier molecular flexibility index (Phi) is 3.02. The third kappa shape index (κ3) is 2.18. The van der Waals surface area contributed by atoms with Crippen molar-refractivity contribution in [2.75, 3.05) is 0 Å². The highest BCUT2D eigenvalue weighted by Gasteiger charge is 2.23. The predicted molar refractivity (Wildman–Crippen MR) is 67.2 cm³/mol. The standard InChI is InChI=1S/C11H13N2O4P/c1-7-10(11(14)12-18(15,16)17)8-5-3-4-6-9(8)13(7)2/h3-6H,1-2H3,(H3,12,14,15,16,17). The number of amides is 1. The van der Waals surface area contributed by atoms with Gasteiger partial charge in [-0.2, -0.15) is 0 Å². The molecule has 0 aliphatic carbocycles. The first-order chi connectivity index (χ1) is 8.31. The molecule has 1 aromatic carbocycles. The number of nitrogens with one attached hydrogen (secondary N) is 1. The molecule has 7 heteroatoms. The van der Waals surface area contributed by atoms with Crippen LogP contribution in [0.1, 0.15) is 16.1 Å². The number of aromatic nitrogens is 1. The van der Waals surface area contributed by atoms with Crippen molar-refractivity contribution < 1.29 is 19.1 Å². The van der Waals surface area contributed by atoms with Crippen molar-refractivity contribution >= 4 is 24.6 Å². The van der Waals surface area contributed by atoms with E-state index in [-0.39, 0.29) is 5.56 Å². The summed E-state index contributed by atoms with van der Waals surface area (Å²) in [6.07, 6.45) is 0.